The zero-order valence-corrected chi connectivity index (χ0v) is 16.4. The summed E-state index contributed by atoms with van der Waals surface area (Å²) in [6.45, 7) is 0.508. The van der Waals surface area contributed by atoms with Gasteiger partial charge in [-0.2, -0.15) is 0 Å². The minimum Gasteiger partial charge on any atom is -0.430 e. The smallest absolute Gasteiger partial charge is 0.430 e. The molecule has 1 atom stereocenters. The molecular weight excluding hydrogens is 355 g/mol. The van der Waals surface area contributed by atoms with E-state index in [0.29, 0.717) is 30.4 Å². The number of carbonyl (C=O) groups excluding carboxylic acids is 1. The molecule has 2 bridgehead atoms. The van der Waals surface area contributed by atoms with Crippen LogP contribution < -0.4 is 16.4 Å². The minimum absolute atomic E-state index is 0.0883. The van der Waals surface area contributed by atoms with E-state index in [1.54, 1.807) is 0 Å². The monoisotopic (exact) mass is 386 g/mol. The standard InChI is InChI=1S/C20H31BN4O3/c22-19(23)24-13-1-2-17(28-21-27)25-18(26)15-3-5-16(6-4-15)20-10-7-14(8-11-20)9-12-20/h3-6,14,17,21,27H,1-2,7-13H2,(H,25,26)(H4,22,23,24)/t14?,17-,20?/m1/s1. The molecule has 1 aromatic carbocycles. The van der Waals surface area contributed by atoms with Gasteiger partial charge in [0.15, 0.2) is 5.96 Å². The highest BCUT2D eigenvalue weighted by Gasteiger charge is 2.41. The lowest BCUT2D eigenvalue weighted by Gasteiger charge is -2.47. The van der Waals surface area contributed by atoms with Crippen molar-refractivity contribution in [2.45, 2.75) is 63.0 Å². The van der Waals surface area contributed by atoms with Gasteiger partial charge in [-0.25, -0.2) is 0 Å². The summed E-state index contributed by atoms with van der Waals surface area (Å²) in [6.07, 6.45) is 8.38. The van der Waals surface area contributed by atoms with E-state index in [1.807, 2.05) is 12.1 Å². The Hall–Kier alpha value is -2.06. The molecule has 0 unspecified atom stereocenters. The van der Waals surface area contributed by atoms with Crippen LogP contribution in [0.2, 0.25) is 0 Å². The van der Waals surface area contributed by atoms with E-state index in [2.05, 4.69) is 22.8 Å². The lowest BCUT2D eigenvalue weighted by molar-refractivity contribution is 0.0792. The van der Waals surface area contributed by atoms with E-state index in [0.717, 1.165) is 5.92 Å². The first-order valence-corrected chi connectivity index (χ1v) is 10.2. The van der Waals surface area contributed by atoms with E-state index in [9.17, 15) is 4.79 Å². The van der Waals surface area contributed by atoms with Crippen LogP contribution in [0.3, 0.4) is 0 Å². The third kappa shape index (κ3) is 5.05. The van der Waals surface area contributed by atoms with E-state index in [4.69, 9.17) is 20.8 Å². The predicted octanol–water partition coefficient (Wildman–Crippen LogP) is 1.50. The number of amides is 1. The first kappa shape index (κ1) is 20.7. The number of carbonyl (C=O) groups is 1. The van der Waals surface area contributed by atoms with Crippen LogP contribution >= 0.6 is 0 Å². The van der Waals surface area contributed by atoms with E-state index in [1.165, 1.54) is 44.1 Å². The molecule has 3 aliphatic rings. The summed E-state index contributed by atoms with van der Waals surface area (Å²) < 4.78 is 5.21. The van der Waals surface area contributed by atoms with E-state index >= 15 is 0 Å². The Morgan fingerprint density at radius 1 is 1.29 bits per heavy atom. The molecule has 0 spiro atoms. The van der Waals surface area contributed by atoms with Gasteiger partial charge in [-0.15, -0.1) is 0 Å². The molecule has 152 valence electrons. The van der Waals surface area contributed by atoms with Crippen molar-refractivity contribution >= 4 is 19.6 Å². The van der Waals surface area contributed by atoms with Gasteiger partial charge in [0.1, 0.15) is 6.23 Å². The molecule has 3 fully saturated rings. The molecule has 0 heterocycles. The van der Waals surface area contributed by atoms with Crippen molar-refractivity contribution in [2.75, 3.05) is 6.54 Å². The van der Waals surface area contributed by atoms with E-state index in [-0.39, 0.29) is 11.9 Å². The number of benzene rings is 1. The van der Waals surface area contributed by atoms with Crippen LogP contribution in [0.15, 0.2) is 24.3 Å². The third-order valence-corrected chi connectivity index (χ3v) is 6.38. The van der Waals surface area contributed by atoms with Crippen LogP contribution in [-0.4, -0.2) is 37.3 Å². The van der Waals surface area contributed by atoms with Gasteiger partial charge in [0, 0.05) is 12.1 Å². The van der Waals surface area contributed by atoms with Crippen molar-refractivity contribution in [3.8, 4) is 0 Å². The highest BCUT2D eigenvalue weighted by molar-refractivity contribution is 6.16. The van der Waals surface area contributed by atoms with Gasteiger partial charge in [-0.3, -0.25) is 10.2 Å². The van der Waals surface area contributed by atoms with Gasteiger partial charge >= 0.3 is 7.69 Å². The van der Waals surface area contributed by atoms with E-state index < -0.39 is 13.9 Å². The number of nitrogens with two attached hydrogens (primary N) is 1. The van der Waals surface area contributed by atoms with Gasteiger partial charge in [0.05, 0.1) is 0 Å². The molecule has 1 aromatic rings. The lowest BCUT2D eigenvalue weighted by atomic mass is 9.58. The molecular formula is C20H31BN4O3. The number of fused-ring (bicyclic) bond motifs is 3. The number of hydrogen-bond acceptors (Lipinski definition) is 4. The summed E-state index contributed by atoms with van der Waals surface area (Å²) in [7, 11) is -0.465. The van der Waals surface area contributed by atoms with Crippen molar-refractivity contribution in [2.24, 2.45) is 11.7 Å². The third-order valence-electron chi connectivity index (χ3n) is 6.38. The molecule has 0 aromatic heterocycles. The quantitative estimate of drug-likeness (QED) is 0.145. The molecule has 0 radical (unpaired) electrons. The highest BCUT2D eigenvalue weighted by Crippen LogP contribution is 2.51. The molecule has 7 nitrogen and oxygen atoms in total. The second kappa shape index (κ2) is 9.43. The minimum atomic E-state index is -0.585. The Labute approximate surface area is 167 Å². The van der Waals surface area contributed by atoms with Crippen LogP contribution in [0.1, 0.15) is 67.3 Å². The van der Waals surface area contributed by atoms with Crippen LogP contribution in [0.4, 0.5) is 0 Å². The maximum atomic E-state index is 12.6. The van der Waals surface area contributed by atoms with Gasteiger partial charge in [-0.05, 0) is 80.4 Å². The van der Waals surface area contributed by atoms with Crippen molar-refractivity contribution < 1.29 is 14.5 Å². The highest BCUT2D eigenvalue weighted by atomic mass is 16.5. The topological polar surface area (TPSA) is 120 Å². The van der Waals surface area contributed by atoms with Gasteiger partial charge < -0.3 is 26.0 Å². The Balaban J connectivity index is 1.56. The number of hydrogen-bond donors (Lipinski definition) is 5. The van der Waals surface area contributed by atoms with Gasteiger partial charge in [0.2, 0.25) is 0 Å². The predicted molar refractivity (Wildman–Crippen MR) is 110 cm³/mol. The lowest BCUT2D eigenvalue weighted by Crippen LogP contribution is -2.39. The molecule has 0 aliphatic heterocycles. The molecule has 28 heavy (non-hydrogen) atoms. The van der Waals surface area contributed by atoms with Crippen molar-refractivity contribution in [3.63, 3.8) is 0 Å². The molecule has 3 saturated carbocycles. The van der Waals surface area contributed by atoms with Gasteiger partial charge in [0.25, 0.3) is 5.91 Å². The normalized spacial score (nSPS) is 24.4. The van der Waals surface area contributed by atoms with Crippen molar-refractivity contribution in [3.05, 3.63) is 35.4 Å². The van der Waals surface area contributed by atoms with Crippen LogP contribution in [0.5, 0.6) is 0 Å². The summed E-state index contributed by atoms with van der Waals surface area (Å²) in [4.78, 5) is 12.6. The van der Waals surface area contributed by atoms with Crippen LogP contribution in [0.25, 0.3) is 0 Å². The zero-order valence-electron chi connectivity index (χ0n) is 16.4. The second-order valence-electron chi connectivity index (χ2n) is 8.08. The summed E-state index contributed by atoms with van der Waals surface area (Å²) >= 11 is 0. The first-order chi connectivity index (χ1) is 13.5. The summed E-state index contributed by atoms with van der Waals surface area (Å²) in [5, 5.41) is 21.7. The number of guanidine groups is 1. The molecule has 0 saturated heterocycles. The first-order valence-electron chi connectivity index (χ1n) is 10.2. The SMILES string of the molecule is N=C(N)NCCC[C@H](NC(=O)c1ccc(C23CCC(CC2)CC3)cc1)OBO. The second-order valence-corrected chi connectivity index (χ2v) is 8.08. The Kier molecular flexibility index (Phi) is 6.96. The maximum absolute atomic E-state index is 12.6. The Bertz CT molecular complexity index is 661. The summed E-state index contributed by atoms with van der Waals surface area (Å²) in [5.41, 5.74) is 7.52. The largest absolute Gasteiger partial charge is 0.436 e. The van der Waals surface area contributed by atoms with Crippen molar-refractivity contribution in [1.82, 2.24) is 10.6 Å². The molecule has 4 rings (SSSR count). The molecule has 6 N–H and O–H groups in total. The Morgan fingerprint density at radius 3 is 2.50 bits per heavy atom. The fraction of sp³-hybridized carbons (Fsp3) is 0.600. The summed E-state index contributed by atoms with van der Waals surface area (Å²) in [5.74, 6) is 0.630. The molecule has 3 aliphatic carbocycles. The Morgan fingerprint density at radius 2 is 1.93 bits per heavy atom. The fourth-order valence-corrected chi connectivity index (χ4v) is 4.68. The fourth-order valence-electron chi connectivity index (χ4n) is 4.68. The van der Waals surface area contributed by atoms with Crippen LogP contribution in [-0.2, 0) is 10.1 Å². The number of rotatable bonds is 9. The maximum Gasteiger partial charge on any atom is 0.436 e. The molecule has 1 amide bonds. The van der Waals surface area contributed by atoms with Crippen LogP contribution in [0, 0.1) is 11.3 Å². The average Bonchev–Trinajstić information content (AvgIpc) is 2.72. The number of nitrogens with one attached hydrogen (secondary N) is 3. The average molecular weight is 386 g/mol. The van der Waals surface area contributed by atoms with Crippen molar-refractivity contribution in [1.29, 1.82) is 5.41 Å². The van der Waals surface area contributed by atoms with Gasteiger partial charge in [-0.1, -0.05) is 12.1 Å². The molecule has 8 heteroatoms. The zero-order chi connectivity index (χ0) is 20.0. The summed E-state index contributed by atoms with van der Waals surface area (Å²) in [6, 6.07) is 8.01.